The quantitative estimate of drug-likeness (QED) is 0.784. The lowest BCUT2D eigenvalue weighted by atomic mass is 9.99. The third-order valence-corrected chi connectivity index (χ3v) is 5.80. The summed E-state index contributed by atoms with van der Waals surface area (Å²) in [6, 6.07) is 11.4. The number of piperazine rings is 1. The first kappa shape index (κ1) is 20.3. The zero-order valence-electron chi connectivity index (χ0n) is 16.9. The molecule has 0 radical (unpaired) electrons. The maximum atomic E-state index is 13.5. The first-order chi connectivity index (χ1) is 13.5. The fourth-order valence-electron chi connectivity index (χ4n) is 4.24. The molecule has 0 N–H and O–H groups in total. The summed E-state index contributed by atoms with van der Waals surface area (Å²) in [6.45, 7) is 7.31. The van der Waals surface area contributed by atoms with Crippen molar-refractivity contribution in [3.63, 3.8) is 0 Å². The predicted octanol–water partition coefficient (Wildman–Crippen LogP) is 2.43. The van der Waals surface area contributed by atoms with E-state index >= 15 is 0 Å². The molecule has 2 unspecified atom stereocenters. The second kappa shape index (κ2) is 9.20. The number of nitrogens with zero attached hydrogens (tertiary/aromatic N) is 4. The Morgan fingerprint density at radius 2 is 1.71 bits per heavy atom. The average Bonchev–Trinajstić information content (AvgIpc) is 2.71. The number of carbonyl (C=O) groups is 2. The van der Waals surface area contributed by atoms with Gasteiger partial charge in [-0.25, -0.2) is 0 Å². The van der Waals surface area contributed by atoms with Crippen LogP contribution >= 0.6 is 0 Å². The molecule has 2 amide bonds. The third kappa shape index (κ3) is 4.36. The van der Waals surface area contributed by atoms with Crippen LogP contribution in [0.3, 0.4) is 0 Å². The van der Waals surface area contributed by atoms with Gasteiger partial charge in [0, 0.05) is 39.1 Å². The lowest BCUT2D eigenvalue weighted by Gasteiger charge is -2.41. The molecule has 2 saturated heterocycles. The second-order valence-corrected chi connectivity index (χ2v) is 8.04. The standard InChI is InChI=1S/C22H30N4O2/c1-17(2)19(16-23)24-12-14-25(15-13-24)22(28)21(18-8-4-3-5-9-18)26-11-7-6-10-20(26)27/h3-5,8-9,17,19,21H,6-7,10-15H2,1-2H3. The van der Waals surface area contributed by atoms with E-state index in [0.717, 1.165) is 18.4 Å². The maximum Gasteiger partial charge on any atom is 0.250 e. The number of amides is 2. The van der Waals surface area contributed by atoms with Gasteiger partial charge in [-0.05, 0) is 24.3 Å². The minimum Gasteiger partial charge on any atom is -0.338 e. The first-order valence-electron chi connectivity index (χ1n) is 10.3. The van der Waals surface area contributed by atoms with Crippen LogP contribution in [0, 0.1) is 17.2 Å². The van der Waals surface area contributed by atoms with Gasteiger partial charge >= 0.3 is 0 Å². The van der Waals surface area contributed by atoms with Crippen LogP contribution in [0.5, 0.6) is 0 Å². The number of hydrogen-bond donors (Lipinski definition) is 0. The van der Waals surface area contributed by atoms with E-state index < -0.39 is 6.04 Å². The zero-order chi connectivity index (χ0) is 20.1. The Bertz CT molecular complexity index is 720. The molecule has 150 valence electrons. The summed E-state index contributed by atoms with van der Waals surface area (Å²) in [7, 11) is 0. The number of hydrogen-bond acceptors (Lipinski definition) is 4. The second-order valence-electron chi connectivity index (χ2n) is 8.04. The molecular formula is C22H30N4O2. The van der Waals surface area contributed by atoms with Gasteiger partial charge in [-0.15, -0.1) is 0 Å². The molecule has 2 heterocycles. The number of likely N-dealkylation sites (tertiary alicyclic amines) is 1. The van der Waals surface area contributed by atoms with Crippen molar-refractivity contribution in [3.8, 4) is 6.07 Å². The fraction of sp³-hybridized carbons (Fsp3) is 0.591. The van der Waals surface area contributed by atoms with E-state index in [0.29, 0.717) is 39.1 Å². The molecule has 3 rings (SSSR count). The van der Waals surface area contributed by atoms with Crippen LogP contribution in [-0.2, 0) is 9.59 Å². The van der Waals surface area contributed by atoms with Crippen molar-refractivity contribution in [2.24, 2.45) is 5.92 Å². The van der Waals surface area contributed by atoms with E-state index in [4.69, 9.17) is 0 Å². The highest BCUT2D eigenvalue weighted by Crippen LogP contribution is 2.28. The van der Waals surface area contributed by atoms with Gasteiger partial charge in [0.15, 0.2) is 0 Å². The van der Waals surface area contributed by atoms with Crippen LogP contribution in [0.25, 0.3) is 0 Å². The molecule has 28 heavy (non-hydrogen) atoms. The van der Waals surface area contributed by atoms with Crippen molar-refractivity contribution >= 4 is 11.8 Å². The molecule has 2 fully saturated rings. The molecule has 2 atom stereocenters. The first-order valence-corrected chi connectivity index (χ1v) is 10.3. The van der Waals surface area contributed by atoms with Crippen LogP contribution in [0.15, 0.2) is 30.3 Å². The lowest BCUT2D eigenvalue weighted by Crippen LogP contribution is -2.55. The third-order valence-electron chi connectivity index (χ3n) is 5.80. The van der Waals surface area contributed by atoms with Gasteiger partial charge in [-0.3, -0.25) is 14.5 Å². The monoisotopic (exact) mass is 382 g/mol. The SMILES string of the molecule is CC(C)C(C#N)N1CCN(C(=O)C(c2ccccc2)N2CCCCC2=O)CC1. The molecule has 2 aliphatic heterocycles. The van der Waals surface area contributed by atoms with Crippen molar-refractivity contribution in [1.29, 1.82) is 5.26 Å². The van der Waals surface area contributed by atoms with Crippen LogP contribution in [-0.4, -0.2) is 65.3 Å². The highest BCUT2D eigenvalue weighted by atomic mass is 16.2. The molecular weight excluding hydrogens is 352 g/mol. The summed E-state index contributed by atoms with van der Waals surface area (Å²) in [5.74, 6) is 0.325. The molecule has 0 aliphatic carbocycles. The molecule has 2 aliphatic rings. The highest BCUT2D eigenvalue weighted by Gasteiger charge is 2.37. The summed E-state index contributed by atoms with van der Waals surface area (Å²) < 4.78 is 0. The van der Waals surface area contributed by atoms with E-state index in [1.165, 1.54) is 0 Å². The van der Waals surface area contributed by atoms with Crippen molar-refractivity contribution in [1.82, 2.24) is 14.7 Å². The summed E-state index contributed by atoms with van der Waals surface area (Å²) >= 11 is 0. The van der Waals surface area contributed by atoms with Gasteiger partial charge in [0.05, 0.1) is 6.07 Å². The molecule has 1 aromatic rings. The fourth-order valence-corrected chi connectivity index (χ4v) is 4.24. The molecule has 0 bridgehead atoms. The molecule has 0 saturated carbocycles. The molecule has 0 spiro atoms. The Morgan fingerprint density at radius 3 is 2.29 bits per heavy atom. The minimum atomic E-state index is -0.544. The smallest absolute Gasteiger partial charge is 0.250 e. The van der Waals surface area contributed by atoms with Crippen LogP contribution in [0.2, 0.25) is 0 Å². The van der Waals surface area contributed by atoms with Gasteiger partial charge in [-0.2, -0.15) is 5.26 Å². The van der Waals surface area contributed by atoms with Gasteiger partial charge in [0.1, 0.15) is 12.1 Å². The minimum absolute atomic E-state index is 0.000783. The van der Waals surface area contributed by atoms with Gasteiger partial charge < -0.3 is 9.80 Å². The zero-order valence-corrected chi connectivity index (χ0v) is 16.9. The molecule has 6 heteroatoms. The number of carbonyl (C=O) groups excluding carboxylic acids is 2. The van der Waals surface area contributed by atoms with Gasteiger partial charge in [0.2, 0.25) is 11.8 Å². The molecule has 0 aromatic heterocycles. The Morgan fingerprint density at radius 1 is 1.04 bits per heavy atom. The number of nitriles is 1. The van der Waals surface area contributed by atoms with Crippen LogP contribution in [0.4, 0.5) is 0 Å². The van der Waals surface area contributed by atoms with E-state index in [9.17, 15) is 14.9 Å². The molecule has 1 aromatic carbocycles. The van der Waals surface area contributed by atoms with Crippen molar-refractivity contribution in [3.05, 3.63) is 35.9 Å². The van der Waals surface area contributed by atoms with E-state index in [1.807, 2.05) is 35.2 Å². The van der Waals surface area contributed by atoms with Crippen molar-refractivity contribution < 1.29 is 9.59 Å². The van der Waals surface area contributed by atoms with Crippen LogP contribution < -0.4 is 0 Å². The molecule has 6 nitrogen and oxygen atoms in total. The van der Waals surface area contributed by atoms with Crippen LogP contribution in [0.1, 0.15) is 44.7 Å². The largest absolute Gasteiger partial charge is 0.338 e. The number of piperidine rings is 1. The topological polar surface area (TPSA) is 67.7 Å². The summed E-state index contributed by atoms with van der Waals surface area (Å²) in [6.07, 6.45) is 2.35. The highest BCUT2D eigenvalue weighted by molar-refractivity contribution is 5.89. The summed E-state index contributed by atoms with van der Waals surface area (Å²) in [4.78, 5) is 31.8. The van der Waals surface area contributed by atoms with Crippen molar-refractivity contribution in [2.45, 2.75) is 45.2 Å². The number of benzene rings is 1. The van der Waals surface area contributed by atoms with Gasteiger partial charge in [0.25, 0.3) is 0 Å². The number of rotatable bonds is 5. The van der Waals surface area contributed by atoms with E-state index in [1.54, 1.807) is 4.90 Å². The average molecular weight is 383 g/mol. The lowest BCUT2D eigenvalue weighted by molar-refractivity contribution is -0.149. The summed E-state index contributed by atoms with van der Waals surface area (Å²) in [5, 5.41) is 9.44. The van der Waals surface area contributed by atoms with E-state index in [2.05, 4.69) is 24.8 Å². The normalized spacial score (nSPS) is 20.7. The predicted molar refractivity (Wildman–Crippen MR) is 107 cm³/mol. The van der Waals surface area contributed by atoms with Gasteiger partial charge in [-0.1, -0.05) is 44.2 Å². The summed E-state index contributed by atoms with van der Waals surface area (Å²) in [5.41, 5.74) is 0.877. The van der Waals surface area contributed by atoms with E-state index in [-0.39, 0.29) is 23.8 Å². The van der Waals surface area contributed by atoms with Crippen molar-refractivity contribution in [2.75, 3.05) is 32.7 Å². The Hall–Kier alpha value is -2.39. The maximum absolute atomic E-state index is 13.5. The Balaban J connectivity index is 1.76. The Labute approximate surface area is 167 Å². The Kier molecular flexibility index (Phi) is 6.69.